The standard InChI is InChI=1S/C14H21N5/c1-11(15)14(12-4-6-16-7-5-12)19(3)10-13-17-8-9-18(13)2/h4-9,11,14H,10,15H2,1-3H3. The van der Waals surface area contributed by atoms with Crippen LogP contribution in [0.1, 0.15) is 24.4 Å². The summed E-state index contributed by atoms with van der Waals surface area (Å²) in [5.41, 5.74) is 7.33. The van der Waals surface area contributed by atoms with E-state index in [4.69, 9.17) is 5.73 Å². The van der Waals surface area contributed by atoms with Crippen LogP contribution in [0.15, 0.2) is 36.9 Å². The molecule has 2 N–H and O–H groups in total. The van der Waals surface area contributed by atoms with Gasteiger partial charge in [-0.2, -0.15) is 0 Å². The smallest absolute Gasteiger partial charge is 0.122 e. The van der Waals surface area contributed by atoms with Gasteiger partial charge in [0.05, 0.1) is 6.54 Å². The van der Waals surface area contributed by atoms with Gasteiger partial charge in [0.25, 0.3) is 0 Å². The van der Waals surface area contributed by atoms with E-state index in [9.17, 15) is 0 Å². The molecule has 0 amide bonds. The minimum Gasteiger partial charge on any atom is -0.337 e. The Labute approximate surface area is 114 Å². The highest BCUT2D eigenvalue weighted by Gasteiger charge is 2.22. The molecule has 2 aromatic rings. The molecule has 5 heteroatoms. The Morgan fingerprint density at radius 1 is 1.32 bits per heavy atom. The van der Waals surface area contributed by atoms with E-state index in [-0.39, 0.29) is 12.1 Å². The van der Waals surface area contributed by atoms with Crippen LogP contribution in [0, 0.1) is 0 Å². The minimum atomic E-state index is 0.0349. The summed E-state index contributed by atoms with van der Waals surface area (Å²) in [4.78, 5) is 10.6. The van der Waals surface area contributed by atoms with Crippen molar-refractivity contribution in [1.29, 1.82) is 0 Å². The summed E-state index contributed by atoms with van der Waals surface area (Å²) < 4.78 is 2.03. The van der Waals surface area contributed by atoms with E-state index < -0.39 is 0 Å². The van der Waals surface area contributed by atoms with Crippen molar-refractivity contribution in [2.75, 3.05) is 7.05 Å². The summed E-state index contributed by atoms with van der Waals surface area (Å²) in [5, 5.41) is 0. The average Bonchev–Trinajstić information content (AvgIpc) is 2.76. The molecule has 19 heavy (non-hydrogen) atoms. The van der Waals surface area contributed by atoms with Crippen LogP contribution in [0.5, 0.6) is 0 Å². The van der Waals surface area contributed by atoms with Crippen molar-refractivity contribution in [3.63, 3.8) is 0 Å². The quantitative estimate of drug-likeness (QED) is 0.880. The second-order valence-electron chi connectivity index (χ2n) is 4.95. The maximum Gasteiger partial charge on any atom is 0.122 e. The second-order valence-corrected chi connectivity index (χ2v) is 4.95. The van der Waals surface area contributed by atoms with Gasteiger partial charge in [0.2, 0.25) is 0 Å². The van der Waals surface area contributed by atoms with Crippen molar-refractivity contribution in [2.24, 2.45) is 12.8 Å². The molecule has 5 nitrogen and oxygen atoms in total. The first kappa shape index (κ1) is 13.7. The fraction of sp³-hybridized carbons (Fsp3) is 0.429. The molecular formula is C14H21N5. The minimum absolute atomic E-state index is 0.0349. The molecular weight excluding hydrogens is 238 g/mol. The van der Waals surface area contributed by atoms with Crippen molar-refractivity contribution in [3.05, 3.63) is 48.3 Å². The maximum atomic E-state index is 6.15. The molecule has 0 fully saturated rings. The van der Waals surface area contributed by atoms with Crippen LogP contribution >= 0.6 is 0 Å². The third-order valence-electron chi connectivity index (χ3n) is 3.33. The predicted molar refractivity (Wildman–Crippen MR) is 75.3 cm³/mol. The van der Waals surface area contributed by atoms with Crippen LogP contribution < -0.4 is 5.73 Å². The first-order valence-corrected chi connectivity index (χ1v) is 6.41. The Morgan fingerprint density at radius 3 is 2.53 bits per heavy atom. The molecule has 0 saturated heterocycles. The molecule has 2 atom stereocenters. The number of aryl methyl sites for hydroxylation is 1. The van der Waals surface area contributed by atoms with Crippen LogP contribution in [0.25, 0.3) is 0 Å². The highest BCUT2D eigenvalue weighted by atomic mass is 15.2. The molecule has 2 aromatic heterocycles. The van der Waals surface area contributed by atoms with E-state index in [0.29, 0.717) is 0 Å². The molecule has 0 saturated carbocycles. The maximum absolute atomic E-state index is 6.15. The van der Waals surface area contributed by atoms with E-state index in [1.807, 2.05) is 43.1 Å². The SMILES string of the molecule is CC(N)C(c1ccncc1)N(C)Cc1nccn1C. The predicted octanol–water partition coefficient (Wildman–Crippen LogP) is 1.34. The lowest BCUT2D eigenvalue weighted by molar-refractivity contribution is 0.204. The number of likely N-dealkylation sites (N-methyl/N-ethyl adjacent to an activating group) is 1. The highest BCUT2D eigenvalue weighted by Crippen LogP contribution is 2.22. The van der Waals surface area contributed by atoms with Gasteiger partial charge in [0, 0.05) is 43.9 Å². The van der Waals surface area contributed by atoms with Crippen molar-refractivity contribution in [3.8, 4) is 0 Å². The summed E-state index contributed by atoms with van der Waals surface area (Å²) in [5.74, 6) is 1.03. The highest BCUT2D eigenvalue weighted by molar-refractivity contribution is 5.17. The largest absolute Gasteiger partial charge is 0.337 e. The molecule has 2 rings (SSSR count). The third-order valence-corrected chi connectivity index (χ3v) is 3.33. The number of imidazole rings is 1. The zero-order valence-corrected chi connectivity index (χ0v) is 11.7. The molecule has 102 valence electrons. The van der Waals surface area contributed by atoms with Crippen molar-refractivity contribution in [2.45, 2.75) is 25.6 Å². The zero-order chi connectivity index (χ0) is 13.8. The fourth-order valence-electron chi connectivity index (χ4n) is 2.39. The van der Waals surface area contributed by atoms with Gasteiger partial charge < -0.3 is 10.3 Å². The third kappa shape index (κ3) is 3.19. The monoisotopic (exact) mass is 259 g/mol. The summed E-state index contributed by atoms with van der Waals surface area (Å²) in [6.45, 7) is 2.79. The number of hydrogen-bond acceptors (Lipinski definition) is 4. The van der Waals surface area contributed by atoms with Gasteiger partial charge in [0.1, 0.15) is 5.82 Å². The van der Waals surface area contributed by atoms with Crippen LogP contribution in [-0.2, 0) is 13.6 Å². The lowest BCUT2D eigenvalue weighted by atomic mass is 10.0. The van der Waals surface area contributed by atoms with Gasteiger partial charge in [0.15, 0.2) is 0 Å². The topological polar surface area (TPSA) is 60.0 Å². The Hall–Kier alpha value is -1.72. The average molecular weight is 259 g/mol. The Kier molecular flexibility index (Phi) is 4.29. The Morgan fingerprint density at radius 2 is 2.00 bits per heavy atom. The summed E-state index contributed by atoms with van der Waals surface area (Å²) in [7, 11) is 4.08. The van der Waals surface area contributed by atoms with E-state index in [1.165, 1.54) is 5.56 Å². The molecule has 2 unspecified atom stereocenters. The van der Waals surface area contributed by atoms with Gasteiger partial charge in [-0.3, -0.25) is 9.88 Å². The van der Waals surface area contributed by atoms with Crippen LogP contribution in [-0.4, -0.2) is 32.5 Å². The molecule has 2 heterocycles. The fourth-order valence-corrected chi connectivity index (χ4v) is 2.39. The molecule has 0 aliphatic carbocycles. The second kappa shape index (κ2) is 5.95. The molecule has 0 aliphatic heterocycles. The molecule has 0 radical (unpaired) electrons. The molecule has 0 spiro atoms. The van der Waals surface area contributed by atoms with Crippen LogP contribution in [0.4, 0.5) is 0 Å². The normalized spacial score (nSPS) is 14.6. The Balaban J connectivity index is 2.18. The van der Waals surface area contributed by atoms with Gasteiger partial charge in [-0.05, 0) is 31.7 Å². The summed E-state index contributed by atoms with van der Waals surface area (Å²) >= 11 is 0. The zero-order valence-electron chi connectivity index (χ0n) is 11.7. The van der Waals surface area contributed by atoms with Gasteiger partial charge >= 0.3 is 0 Å². The van der Waals surface area contributed by atoms with E-state index in [0.717, 1.165) is 12.4 Å². The van der Waals surface area contributed by atoms with Crippen molar-refractivity contribution in [1.82, 2.24) is 19.4 Å². The number of hydrogen-bond donors (Lipinski definition) is 1. The van der Waals surface area contributed by atoms with E-state index >= 15 is 0 Å². The molecule has 0 aromatic carbocycles. The van der Waals surface area contributed by atoms with Crippen molar-refractivity contribution < 1.29 is 0 Å². The van der Waals surface area contributed by atoms with E-state index in [2.05, 4.69) is 21.9 Å². The molecule has 0 bridgehead atoms. The number of nitrogens with zero attached hydrogens (tertiary/aromatic N) is 4. The number of pyridine rings is 1. The lowest BCUT2D eigenvalue weighted by Crippen LogP contribution is -2.37. The van der Waals surface area contributed by atoms with Gasteiger partial charge in [-0.15, -0.1) is 0 Å². The lowest BCUT2D eigenvalue weighted by Gasteiger charge is -2.31. The van der Waals surface area contributed by atoms with Crippen LogP contribution in [0.2, 0.25) is 0 Å². The first-order valence-electron chi connectivity index (χ1n) is 6.41. The van der Waals surface area contributed by atoms with Gasteiger partial charge in [-0.1, -0.05) is 0 Å². The Bertz CT molecular complexity index is 506. The van der Waals surface area contributed by atoms with Crippen LogP contribution in [0.3, 0.4) is 0 Å². The summed E-state index contributed by atoms with van der Waals surface area (Å²) in [6, 6.07) is 4.22. The molecule has 0 aliphatic rings. The van der Waals surface area contributed by atoms with E-state index in [1.54, 1.807) is 12.4 Å². The number of aromatic nitrogens is 3. The number of rotatable bonds is 5. The van der Waals surface area contributed by atoms with Gasteiger partial charge in [-0.25, -0.2) is 4.98 Å². The number of nitrogens with two attached hydrogens (primary N) is 1. The first-order chi connectivity index (χ1) is 9.09. The van der Waals surface area contributed by atoms with Crippen molar-refractivity contribution >= 4 is 0 Å². The summed E-state index contributed by atoms with van der Waals surface area (Å²) in [6.07, 6.45) is 7.38.